The molecule has 1 amide bonds. The summed E-state index contributed by atoms with van der Waals surface area (Å²) in [5.74, 6) is 0.309. The standard InChI is InChI=1S/C14H13F3N4O2/c15-14(16,17)8-20-13(22)9-1-3-10(4-2-9)23-7-12-19-6-5-11(18)21-12/h1-6H,7-8H2,(H,20,22)(H2,18,19,21). The highest BCUT2D eigenvalue weighted by Gasteiger charge is 2.27. The number of carbonyl (C=O) groups is 1. The minimum atomic E-state index is -4.45. The van der Waals surface area contributed by atoms with Gasteiger partial charge in [0.15, 0.2) is 5.82 Å². The molecule has 1 heterocycles. The Morgan fingerprint density at radius 3 is 2.52 bits per heavy atom. The Labute approximate surface area is 129 Å². The lowest BCUT2D eigenvalue weighted by Crippen LogP contribution is -2.33. The van der Waals surface area contributed by atoms with Crippen molar-refractivity contribution in [3.63, 3.8) is 0 Å². The van der Waals surface area contributed by atoms with Gasteiger partial charge in [-0.25, -0.2) is 9.97 Å². The maximum absolute atomic E-state index is 12.0. The summed E-state index contributed by atoms with van der Waals surface area (Å²) in [6.07, 6.45) is -2.95. The third kappa shape index (κ3) is 5.46. The molecular weight excluding hydrogens is 313 g/mol. The Kier molecular flexibility index (Phi) is 4.99. The second-order valence-corrected chi connectivity index (χ2v) is 4.51. The number of amides is 1. The summed E-state index contributed by atoms with van der Waals surface area (Å²) in [4.78, 5) is 19.4. The van der Waals surface area contributed by atoms with E-state index in [-0.39, 0.29) is 12.2 Å². The van der Waals surface area contributed by atoms with Crippen molar-refractivity contribution in [1.82, 2.24) is 15.3 Å². The monoisotopic (exact) mass is 326 g/mol. The van der Waals surface area contributed by atoms with Gasteiger partial charge >= 0.3 is 6.18 Å². The molecule has 0 unspecified atom stereocenters. The van der Waals surface area contributed by atoms with E-state index >= 15 is 0 Å². The van der Waals surface area contributed by atoms with E-state index in [9.17, 15) is 18.0 Å². The van der Waals surface area contributed by atoms with Crippen molar-refractivity contribution < 1.29 is 22.7 Å². The van der Waals surface area contributed by atoms with Crippen molar-refractivity contribution in [2.24, 2.45) is 0 Å². The Morgan fingerprint density at radius 2 is 1.91 bits per heavy atom. The number of carbonyl (C=O) groups excluding carboxylic acids is 1. The van der Waals surface area contributed by atoms with Gasteiger partial charge in [0.1, 0.15) is 24.7 Å². The number of rotatable bonds is 5. The highest BCUT2D eigenvalue weighted by molar-refractivity contribution is 5.94. The molecule has 23 heavy (non-hydrogen) atoms. The molecule has 0 bridgehead atoms. The summed E-state index contributed by atoms with van der Waals surface area (Å²) < 4.78 is 41.5. The number of halogens is 3. The maximum Gasteiger partial charge on any atom is 0.405 e. The van der Waals surface area contributed by atoms with Crippen LogP contribution in [0.5, 0.6) is 5.75 Å². The molecule has 0 aliphatic rings. The second-order valence-electron chi connectivity index (χ2n) is 4.51. The molecule has 6 nitrogen and oxygen atoms in total. The van der Waals surface area contributed by atoms with E-state index in [4.69, 9.17) is 10.5 Å². The minimum Gasteiger partial charge on any atom is -0.486 e. The van der Waals surface area contributed by atoms with Crippen LogP contribution in [0.3, 0.4) is 0 Å². The average molecular weight is 326 g/mol. The van der Waals surface area contributed by atoms with Gasteiger partial charge in [-0.3, -0.25) is 4.79 Å². The number of aromatic nitrogens is 2. The number of alkyl halides is 3. The van der Waals surface area contributed by atoms with Crippen LogP contribution in [-0.4, -0.2) is 28.6 Å². The number of nitrogens with zero attached hydrogens (tertiary/aromatic N) is 2. The molecule has 0 aliphatic heterocycles. The largest absolute Gasteiger partial charge is 0.486 e. The topological polar surface area (TPSA) is 90.1 Å². The smallest absolute Gasteiger partial charge is 0.405 e. The van der Waals surface area contributed by atoms with Crippen molar-refractivity contribution in [3.8, 4) is 5.75 Å². The molecule has 2 aromatic rings. The quantitative estimate of drug-likeness (QED) is 0.876. The molecule has 0 saturated heterocycles. The molecule has 3 N–H and O–H groups in total. The first-order valence-electron chi connectivity index (χ1n) is 6.49. The number of benzene rings is 1. The predicted octanol–water partition coefficient (Wildman–Crippen LogP) is 1.93. The van der Waals surface area contributed by atoms with Crippen molar-refractivity contribution >= 4 is 11.7 Å². The first-order chi connectivity index (χ1) is 10.8. The highest BCUT2D eigenvalue weighted by Crippen LogP contribution is 2.15. The molecule has 1 aromatic carbocycles. The molecule has 122 valence electrons. The summed E-state index contributed by atoms with van der Waals surface area (Å²) in [5.41, 5.74) is 5.61. The van der Waals surface area contributed by atoms with Gasteiger partial charge in [0, 0.05) is 11.8 Å². The molecular formula is C14H13F3N4O2. The Morgan fingerprint density at radius 1 is 1.22 bits per heavy atom. The lowest BCUT2D eigenvalue weighted by atomic mass is 10.2. The summed E-state index contributed by atoms with van der Waals surface area (Å²) in [6.45, 7) is -1.30. The number of nitrogens with one attached hydrogen (secondary N) is 1. The van der Waals surface area contributed by atoms with Gasteiger partial charge in [-0.05, 0) is 30.3 Å². The van der Waals surface area contributed by atoms with Crippen molar-refractivity contribution in [2.45, 2.75) is 12.8 Å². The summed E-state index contributed by atoms with van der Waals surface area (Å²) in [5, 5.41) is 1.78. The molecule has 0 spiro atoms. The summed E-state index contributed by atoms with van der Waals surface area (Å²) in [7, 11) is 0. The van der Waals surface area contributed by atoms with Gasteiger partial charge in [0.05, 0.1) is 0 Å². The van der Waals surface area contributed by atoms with Gasteiger partial charge in [-0.2, -0.15) is 13.2 Å². The van der Waals surface area contributed by atoms with E-state index in [0.717, 1.165) is 0 Å². The highest BCUT2D eigenvalue weighted by atomic mass is 19.4. The van der Waals surface area contributed by atoms with E-state index < -0.39 is 18.6 Å². The number of hydrogen-bond acceptors (Lipinski definition) is 5. The van der Waals surface area contributed by atoms with Crippen molar-refractivity contribution in [2.75, 3.05) is 12.3 Å². The second kappa shape index (κ2) is 6.95. The van der Waals surface area contributed by atoms with E-state index in [1.54, 1.807) is 5.32 Å². The lowest BCUT2D eigenvalue weighted by Gasteiger charge is -2.09. The number of nitrogen functional groups attached to an aromatic ring is 1. The van der Waals surface area contributed by atoms with Gasteiger partial charge in [-0.1, -0.05) is 0 Å². The third-order valence-corrected chi connectivity index (χ3v) is 2.66. The lowest BCUT2D eigenvalue weighted by molar-refractivity contribution is -0.123. The number of hydrogen-bond donors (Lipinski definition) is 2. The zero-order chi connectivity index (χ0) is 16.9. The molecule has 0 saturated carbocycles. The molecule has 2 rings (SSSR count). The fourth-order valence-corrected chi connectivity index (χ4v) is 1.62. The van der Waals surface area contributed by atoms with E-state index in [0.29, 0.717) is 17.4 Å². The molecule has 0 aliphatic carbocycles. The molecule has 0 radical (unpaired) electrons. The minimum absolute atomic E-state index is 0.0741. The molecule has 0 atom stereocenters. The zero-order valence-corrected chi connectivity index (χ0v) is 11.8. The summed E-state index contributed by atoms with van der Waals surface area (Å²) >= 11 is 0. The van der Waals surface area contributed by atoms with Gasteiger partial charge < -0.3 is 15.8 Å². The van der Waals surface area contributed by atoms with Crippen LogP contribution in [-0.2, 0) is 6.61 Å². The maximum atomic E-state index is 12.0. The normalized spacial score (nSPS) is 11.1. The fraction of sp³-hybridized carbons (Fsp3) is 0.214. The Bertz CT molecular complexity index is 674. The average Bonchev–Trinajstić information content (AvgIpc) is 2.50. The predicted molar refractivity (Wildman–Crippen MR) is 75.6 cm³/mol. The zero-order valence-electron chi connectivity index (χ0n) is 11.8. The van der Waals surface area contributed by atoms with Crippen LogP contribution in [0.2, 0.25) is 0 Å². The third-order valence-electron chi connectivity index (χ3n) is 2.66. The van der Waals surface area contributed by atoms with Crippen LogP contribution in [0.4, 0.5) is 19.0 Å². The Balaban J connectivity index is 1.90. The van der Waals surface area contributed by atoms with Crippen LogP contribution in [0.25, 0.3) is 0 Å². The van der Waals surface area contributed by atoms with Crippen LogP contribution < -0.4 is 15.8 Å². The first kappa shape index (κ1) is 16.5. The first-order valence-corrected chi connectivity index (χ1v) is 6.49. The number of anilines is 1. The molecule has 1 aromatic heterocycles. The van der Waals surface area contributed by atoms with Crippen molar-refractivity contribution in [3.05, 3.63) is 47.9 Å². The summed E-state index contributed by atoms with van der Waals surface area (Å²) in [6, 6.07) is 7.20. The number of nitrogens with two attached hydrogens (primary N) is 1. The van der Waals surface area contributed by atoms with Crippen molar-refractivity contribution in [1.29, 1.82) is 0 Å². The van der Waals surface area contributed by atoms with Gasteiger partial charge in [0.2, 0.25) is 0 Å². The van der Waals surface area contributed by atoms with Crippen LogP contribution >= 0.6 is 0 Å². The van der Waals surface area contributed by atoms with Crippen LogP contribution in [0.15, 0.2) is 36.5 Å². The number of ether oxygens (including phenoxy) is 1. The van der Waals surface area contributed by atoms with E-state index in [1.165, 1.54) is 36.5 Å². The van der Waals surface area contributed by atoms with E-state index in [2.05, 4.69) is 9.97 Å². The Hall–Kier alpha value is -2.84. The SMILES string of the molecule is Nc1ccnc(COc2ccc(C(=O)NCC(F)(F)F)cc2)n1. The van der Waals surface area contributed by atoms with E-state index in [1.807, 2.05) is 0 Å². The van der Waals surface area contributed by atoms with Gasteiger partial charge in [-0.15, -0.1) is 0 Å². The molecule has 0 fully saturated rings. The van der Waals surface area contributed by atoms with Crippen LogP contribution in [0, 0.1) is 0 Å². The fourth-order valence-electron chi connectivity index (χ4n) is 1.62. The van der Waals surface area contributed by atoms with Gasteiger partial charge in [0.25, 0.3) is 5.91 Å². The van der Waals surface area contributed by atoms with Crippen LogP contribution in [0.1, 0.15) is 16.2 Å². The molecule has 9 heteroatoms.